The average molecular weight is 443 g/mol. The van der Waals surface area contributed by atoms with Crippen molar-refractivity contribution >= 4 is 27.2 Å². The van der Waals surface area contributed by atoms with Gasteiger partial charge in [0.05, 0.1) is 18.3 Å². The van der Waals surface area contributed by atoms with Crippen LogP contribution in [0.4, 0.5) is 5.69 Å². The van der Waals surface area contributed by atoms with Crippen LogP contribution in [0.15, 0.2) is 45.3 Å². The van der Waals surface area contributed by atoms with Crippen molar-refractivity contribution in [2.45, 2.75) is 32.9 Å². The summed E-state index contributed by atoms with van der Waals surface area (Å²) in [7, 11) is 1.70. The maximum atomic E-state index is 13.1. The fourth-order valence-corrected chi connectivity index (χ4v) is 5.05. The van der Waals surface area contributed by atoms with Gasteiger partial charge in [0.2, 0.25) is 0 Å². The van der Waals surface area contributed by atoms with E-state index in [0.717, 1.165) is 56.0 Å². The monoisotopic (exact) mass is 442 g/mol. The molecule has 0 radical (unpaired) electrons. The van der Waals surface area contributed by atoms with Gasteiger partial charge in [-0.25, -0.2) is 4.79 Å². The van der Waals surface area contributed by atoms with E-state index in [-0.39, 0.29) is 11.2 Å². The molecule has 4 rings (SSSR count). The number of fused-ring (bicyclic) bond motifs is 1. The Hall–Kier alpha value is -2.58. The molecule has 2 aromatic heterocycles. The number of piperazine rings is 1. The van der Waals surface area contributed by atoms with Crippen LogP contribution in [0.2, 0.25) is 0 Å². The molecule has 0 spiro atoms. The Labute approximate surface area is 186 Å². The topological polar surface area (TPSA) is 59.7 Å². The summed E-state index contributed by atoms with van der Waals surface area (Å²) in [6.07, 6.45) is 1.93. The van der Waals surface area contributed by atoms with Crippen LogP contribution in [0.5, 0.6) is 5.75 Å². The molecule has 1 fully saturated rings. The van der Waals surface area contributed by atoms with E-state index in [1.807, 2.05) is 29.6 Å². The van der Waals surface area contributed by atoms with E-state index in [9.17, 15) is 9.59 Å². The highest BCUT2D eigenvalue weighted by Gasteiger charge is 2.20. The molecule has 0 N–H and O–H groups in total. The quantitative estimate of drug-likeness (QED) is 0.537. The van der Waals surface area contributed by atoms with Gasteiger partial charge in [-0.1, -0.05) is 25.5 Å². The number of aromatic nitrogens is 2. The molecule has 0 saturated carbocycles. The van der Waals surface area contributed by atoms with Gasteiger partial charge in [0.15, 0.2) is 0 Å². The normalized spacial score (nSPS) is 15.0. The highest BCUT2D eigenvalue weighted by atomic mass is 32.1. The van der Waals surface area contributed by atoms with Crippen molar-refractivity contribution in [2.24, 2.45) is 0 Å². The van der Waals surface area contributed by atoms with Crippen LogP contribution in [0.25, 0.3) is 10.2 Å². The van der Waals surface area contributed by atoms with Crippen LogP contribution < -0.4 is 20.9 Å². The number of aryl methyl sites for hydroxylation is 1. The van der Waals surface area contributed by atoms with Gasteiger partial charge in [-0.2, -0.15) is 0 Å². The van der Waals surface area contributed by atoms with E-state index < -0.39 is 0 Å². The Morgan fingerprint density at radius 3 is 2.48 bits per heavy atom. The number of unbranched alkanes of at least 4 members (excludes halogenated alkanes) is 1. The second-order valence-corrected chi connectivity index (χ2v) is 8.80. The van der Waals surface area contributed by atoms with E-state index in [0.29, 0.717) is 24.3 Å². The summed E-state index contributed by atoms with van der Waals surface area (Å²) in [5, 5.41) is 1.90. The highest BCUT2D eigenvalue weighted by Crippen LogP contribution is 2.28. The lowest BCUT2D eigenvalue weighted by Crippen LogP contribution is -2.49. The lowest BCUT2D eigenvalue weighted by molar-refractivity contribution is 0.244. The van der Waals surface area contributed by atoms with Gasteiger partial charge in [-0.3, -0.25) is 18.8 Å². The molecule has 8 heteroatoms. The van der Waals surface area contributed by atoms with Crippen LogP contribution in [-0.2, 0) is 13.1 Å². The van der Waals surface area contributed by atoms with Gasteiger partial charge >= 0.3 is 5.69 Å². The van der Waals surface area contributed by atoms with Crippen LogP contribution >= 0.6 is 11.3 Å². The molecule has 1 aromatic carbocycles. The molecule has 3 aromatic rings. The fraction of sp³-hybridized carbons (Fsp3) is 0.478. The first kappa shape index (κ1) is 21.6. The molecule has 1 aliphatic heterocycles. The SMILES string of the molecule is CCCCn1c(=O)n(CCN2CCN(c3ccccc3OC)CC2)c(=O)c2sccc21. The van der Waals surface area contributed by atoms with Crippen LogP contribution in [-0.4, -0.2) is 53.9 Å². The van der Waals surface area contributed by atoms with Gasteiger partial charge in [0.1, 0.15) is 10.4 Å². The predicted octanol–water partition coefficient (Wildman–Crippen LogP) is 2.86. The molecule has 3 heterocycles. The first-order valence-corrected chi connectivity index (χ1v) is 11.8. The molecule has 0 aliphatic carbocycles. The number of hydrogen-bond donors (Lipinski definition) is 0. The molecule has 31 heavy (non-hydrogen) atoms. The van der Waals surface area contributed by atoms with E-state index in [1.54, 1.807) is 11.7 Å². The summed E-state index contributed by atoms with van der Waals surface area (Å²) in [4.78, 5) is 30.7. The number of nitrogens with zero attached hydrogens (tertiary/aromatic N) is 4. The van der Waals surface area contributed by atoms with Gasteiger partial charge in [-0.05, 0) is 30.0 Å². The molecule has 0 atom stereocenters. The largest absolute Gasteiger partial charge is 0.495 e. The van der Waals surface area contributed by atoms with Crippen molar-refractivity contribution in [1.29, 1.82) is 0 Å². The molecule has 1 saturated heterocycles. The Balaban J connectivity index is 1.45. The maximum Gasteiger partial charge on any atom is 0.331 e. The summed E-state index contributed by atoms with van der Waals surface area (Å²) < 4.78 is 9.38. The number of thiophene rings is 1. The van der Waals surface area contributed by atoms with Gasteiger partial charge in [0.25, 0.3) is 5.56 Å². The zero-order valence-electron chi connectivity index (χ0n) is 18.2. The molecular formula is C23H30N4O3S. The molecule has 7 nitrogen and oxygen atoms in total. The first-order chi connectivity index (χ1) is 15.1. The summed E-state index contributed by atoms with van der Waals surface area (Å²) >= 11 is 1.42. The van der Waals surface area contributed by atoms with Crippen molar-refractivity contribution in [3.63, 3.8) is 0 Å². The predicted molar refractivity (Wildman–Crippen MR) is 127 cm³/mol. The van der Waals surface area contributed by atoms with Crippen molar-refractivity contribution in [2.75, 3.05) is 44.7 Å². The van der Waals surface area contributed by atoms with Crippen LogP contribution in [0, 0.1) is 0 Å². The van der Waals surface area contributed by atoms with Crippen molar-refractivity contribution in [1.82, 2.24) is 14.0 Å². The lowest BCUT2D eigenvalue weighted by atomic mass is 10.2. The third-order valence-corrected chi connectivity index (χ3v) is 6.90. The zero-order valence-corrected chi connectivity index (χ0v) is 19.1. The minimum atomic E-state index is -0.183. The average Bonchev–Trinajstić information content (AvgIpc) is 3.29. The number of rotatable bonds is 8. The van der Waals surface area contributed by atoms with Crippen LogP contribution in [0.1, 0.15) is 19.8 Å². The molecular weight excluding hydrogens is 412 g/mol. The minimum absolute atomic E-state index is 0.157. The number of para-hydroxylation sites is 2. The third kappa shape index (κ3) is 4.41. The van der Waals surface area contributed by atoms with E-state index in [1.165, 1.54) is 15.9 Å². The standard InChI is InChI=1S/C23H30N4O3S/c1-3-4-10-26-19-9-17-31-21(19)22(28)27(23(26)29)16-13-24-11-14-25(15-12-24)18-7-5-6-8-20(18)30-2/h5-9,17H,3-4,10-16H2,1-2H3. The van der Waals surface area contributed by atoms with E-state index >= 15 is 0 Å². The van der Waals surface area contributed by atoms with Crippen molar-refractivity contribution < 1.29 is 4.74 Å². The number of hydrogen-bond acceptors (Lipinski definition) is 6. The number of anilines is 1. The molecule has 1 aliphatic rings. The summed E-state index contributed by atoms with van der Waals surface area (Å²) in [5.74, 6) is 0.888. The number of benzene rings is 1. The minimum Gasteiger partial charge on any atom is -0.495 e. The summed E-state index contributed by atoms with van der Waals surface area (Å²) in [6, 6.07) is 9.97. The highest BCUT2D eigenvalue weighted by molar-refractivity contribution is 7.17. The Morgan fingerprint density at radius 1 is 0.968 bits per heavy atom. The third-order valence-electron chi connectivity index (χ3n) is 6.01. The Morgan fingerprint density at radius 2 is 1.74 bits per heavy atom. The Kier molecular flexibility index (Phi) is 6.77. The van der Waals surface area contributed by atoms with E-state index in [4.69, 9.17) is 4.74 Å². The second-order valence-electron chi connectivity index (χ2n) is 7.88. The van der Waals surface area contributed by atoms with E-state index in [2.05, 4.69) is 22.8 Å². The number of ether oxygens (including phenoxy) is 1. The Bertz CT molecular complexity index is 1140. The first-order valence-electron chi connectivity index (χ1n) is 10.9. The van der Waals surface area contributed by atoms with Gasteiger partial charge in [-0.15, -0.1) is 11.3 Å². The second kappa shape index (κ2) is 9.70. The smallest absolute Gasteiger partial charge is 0.331 e. The maximum absolute atomic E-state index is 13.1. The molecule has 0 bridgehead atoms. The summed E-state index contributed by atoms with van der Waals surface area (Å²) in [5.41, 5.74) is 1.55. The molecule has 0 unspecified atom stereocenters. The summed E-state index contributed by atoms with van der Waals surface area (Å²) in [6.45, 7) is 7.43. The van der Waals surface area contributed by atoms with Gasteiger partial charge < -0.3 is 9.64 Å². The fourth-order valence-electron chi connectivity index (χ4n) is 4.21. The van der Waals surface area contributed by atoms with Crippen molar-refractivity contribution in [3.8, 4) is 5.75 Å². The zero-order chi connectivity index (χ0) is 21.8. The molecule has 166 valence electrons. The number of methoxy groups -OCH3 is 1. The van der Waals surface area contributed by atoms with Crippen LogP contribution in [0.3, 0.4) is 0 Å². The lowest BCUT2D eigenvalue weighted by Gasteiger charge is -2.36. The van der Waals surface area contributed by atoms with Crippen molar-refractivity contribution in [3.05, 3.63) is 56.5 Å². The van der Waals surface area contributed by atoms with Gasteiger partial charge in [0, 0.05) is 45.8 Å². The molecule has 0 amide bonds.